The molecule has 2 saturated carbocycles. The van der Waals surface area contributed by atoms with Crippen molar-refractivity contribution in [2.24, 2.45) is 0 Å². The number of thiophene rings is 1. The number of nitrogens with zero attached hydrogens (tertiary/aromatic N) is 5. The normalized spacial score (nSPS) is 24.6. The van der Waals surface area contributed by atoms with Crippen molar-refractivity contribution in [3.8, 4) is 10.6 Å². The Bertz CT molecular complexity index is 1760. The topological polar surface area (TPSA) is 142 Å². The maximum atomic E-state index is 14.2. The van der Waals surface area contributed by atoms with Crippen molar-refractivity contribution in [1.29, 1.82) is 0 Å². The highest BCUT2D eigenvalue weighted by Gasteiger charge is 2.46. The molecule has 5 aliphatic rings. The number of alkyl halides is 3. The minimum Gasteiger partial charge on any atom is -0.465 e. The third kappa shape index (κ3) is 5.15. The molecule has 0 radical (unpaired) electrons. The van der Waals surface area contributed by atoms with Crippen molar-refractivity contribution >= 4 is 51.3 Å². The van der Waals surface area contributed by atoms with Crippen LogP contribution in [0, 0.1) is 0 Å². The van der Waals surface area contributed by atoms with Gasteiger partial charge >= 0.3 is 12.3 Å². The van der Waals surface area contributed by atoms with Gasteiger partial charge in [-0.2, -0.15) is 23.8 Å². The molecule has 11 nitrogen and oxygen atoms in total. The van der Waals surface area contributed by atoms with Gasteiger partial charge in [0, 0.05) is 49.3 Å². The van der Waals surface area contributed by atoms with E-state index in [-0.39, 0.29) is 56.9 Å². The number of hydrogen-bond donors (Lipinski definition) is 4. The molecule has 46 heavy (non-hydrogen) atoms. The van der Waals surface area contributed by atoms with Crippen LogP contribution in [0.15, 0.2) is 35.4 Å². The molecule has 5 heterocycles. The monoisotopic (exact) mass is 676 g/mol. The van der Waals surface area contributed by atoms with E-state index in [9.17, 15) is 37.0 Å². The number of amides is 2. The molecule has 3 aliphatic heterocycles. The van der Waals surface area contributed by atoms with Crippen LogP contribution in [0.2, 0.25) is 0 Å². The zero-order chi connectivity index (χ0) is 32.1. The van der Waals surface area contributed by atoms with Crippen LogP contribution in [-0.4, -0.2) is 89.5 Å². The Morgan fingerprint density at radius 2 is 1.83 bits per heavy atom. The molecule has 2 bridgehead atoms. The van der Waals surface area contributed by atoms with Crippen molar-refractivity contribution in [2.45, 2.75) is 67.2 Å². The van der Waals surface area contributed by atoms with Crippen LogP contribution in [0.3, 0.4) is 0 Å². The third-order valence-electron chi connectivity index (χ3n) is 9.55. The zero-order valence-electron chi connectivity index (χ0n) is 24.4. The van der Waals surface area contributed by atoms with Crippen molar-refractivity contribution < 1.29 is 37.0 Å². The number of fused-ring (bicyclic) bond motifs is 3. The number of nitrogens with one attached hydrogen (secondary N) is 1. The van der Waals surface area contributed by atoms with E-state index in [4.69, 9.17) is 0 Å². The Balaban J connectivity index is 1.12. The summed E-state index contributed by atoms with van der Waals surface area (Å²) in [4.78, 5) is 38.6. The lowest BCUT2D eigenvalue weighted by Crippen LogP contribution is -2.48. The van der Waals surface area contributed by atoms with E-state index in [0.717, 1.165) is 54.7 Å². The molecule has 4 fully saturated rings. The molecule has 2 aliphatic carbocycles. The van der Waals surface area contributed by atoms with Gasteiger partial charge in [0.05, 0.1) is 27.3 Å². The maximum absolute atomic E-state index is 14.2. The minimum absolute atomic E-state index is 0.00556. The van der Waals surface area contributed by atoms with Gasteiger partial charge in [-0.25, -0.2) is 14.8 Å². The van der Waals surface area contributed by atoms with Gasteiger partial charge in [0.25, 0.3) is 5.91 Å². The lowest BCUT2D eigenvalue weighted by atomic mass is 10.1. The summed E-state index contributed by atoms with van der Waals surface area (Å²) in [6.07, 6.45) is -0.656. The van der Waals surface area contributed by atoms with Crippen LogP contribution in [0.5, 0.6) is 0 Å². The largest absolute Gasteiger partial charge is 0.465 e. The lowest BCUT2D eigenvalue weighted by Gasteiger charge is -2.34. The van der Waals surface area contributed by atoms with Crippen molar-refractivity contribution in [3.05, 3.63) is 46.5 Å². The lowest BCUT2D eigenvalue weighted by molar-refractivity contribution is -0.137. The minimum atomic E-state index is -4.80. The number of halogens is 3. The molecular formula is C30H31F3N6O5S2. The van der Waals surface area contributed by atoms with E-state index in [1.807, 2.05) is 12.1 Å². The number of hydrogen-bond acceptors (Lipinski definition) is 9. The Morgan fingerprint density at radius 1 is 1.04 bits per heavy atom. The molecule has 4 N–H and O–H groups in total. The van der Waals surface area contributed by atoms with Gasteiger partial charge in [-0.3, -0.25) is 13.9 Å². The summed E-state index contributed by atoms with van der Waals surface area (Å²) in [6, 6.07) is 7.16. The first-order chi connectivity index (χ1) is 21.9. The molecule has 2 saturated heterocycles. The Hall–Kier alpha value is -3.60. The number of carboxylic acid groups (broad SMARTS) is 1. The van der Waals surface area contributed by atoms with Gasteiger partial charge in [-0.05, 0) is 67.9 Å². The SMILES string of the molecule is O=C1c2sc(-c3nc(Nc4ccc(N5C[C@@H]6C[C@H]5CN6C(=O)O)cc4C4CC4)ncc3C(F)(F)F)cc2S(O)(O)CCN1C1CC1. The fraction of sp³-hybridized carbons (Fsp3) is 0.467. The van der Waals surface area contributed by atoms with Gasteiger partial charge in [0.1, 0.15) is 10.4 Å². The zero-order valence-corrected chi connectivity index (χ0v) is 26.0. The maximum Gasteiger partial charge on any atom is 0.420 e. The van der Waals surface area contributed by atoms with Crippen LogP contribution in [0.1, 0.15) is 58.8 Å². The van der Waals surface area contributed by atoms with E-state index in [1.54, 1.807) is 4.90 Å². The fourth-order valence-electron chi connectivity index (χ4n) is 6.94. The predicted octanol–water partition coefficient (Wildman–Crippen LogP) is 6.51. The number of likely N-dealkylation sites (tertiary alicyclic amines) is 1. The second-order valence-electron chi connectivity index (χ2n) is 12.7. The van der Waals surface area contributed by atoms with E-state index in [1.165, 1.54) is 11.0 Å². The Labute approximate surface area is 267 Å². The Morgan fingerprint density at radius 3 is 2.48 bits per heavy atom. The second kappa shape index (κ2) is 10.5. The summed E-state index contributed by atoms with van der Waals surface area (Å²) in [5.74, 6) is -0.262. The summed E-state index contributed by atoms with van der Waals surface area (Å²) in [5, 5.41) is 12.6. The van der Waals surface area contributed by atoms with E-state index in [2.05, 4.69) is 26.3 Å². The number of carbonyl (C=O) groups is 2. The van der Waals surface area contributed by atoms with Crippen LogP contribution in [0.25, 0.3) is 10.6 Å². The Kier molecular flexibility index (Phi) is 6.77. The second-order valence-corrected chi connectivity index (χ2v) is 15.9. The molecule has 0 spiro atoms. The molecule has 16 heteroatoms. The number of benzene rings is 1. The van der Waals surface area contributed by atoms with Crippen molar-refractivity contribution in [2.75, 3.05) is 35.6 Å². The molecule has 3 aromatic rings. The van der Waals surface area contributed by atoms with Gasteiger partial charge in [-0.15, -0.1) is 11.3 Å². The van der Waals surface area contributed by atoms with Crippen LogP contribution >= 0.6 is 21.9 Å². The molecule has 2 aromatic heterocycles. The smallest absolute Gasteiger partial charge is 0.420 e. The third-order valence-corrected chi connectivity index (χ3v) is 12.6. The number of rotatable bonds is 6. The molecule has 0 unspecified atom stereocenters. The highest BCUT2D eigenvalue weighted by molar-refractivity contribution is 8.24. The van der Waals surface area contributed by atoms with Crippen molar-refractivity contribution in [3.63, 3.8) is 0 Å². The molecule has 2 amide bonds. The van der Waals surface area contributed by atoms with E-state index < -0.39 is 40.0 Å². The quantitative estimate of drug-likeness (QED) is 0.230. The van der Waals surface area contributed by atoms with Crippen LogP contribution in [-0.2, 0) is 6.18 Å². The predicted molar refractivity (Wildman–Crippen MR) is 166 cm³/mol. The van der Waals surface area contributed by atoms with Crippen molar-refractivity contribution in [1.82, 2.24) is 19.8 Å². The molecule has 8 rings (SSSR count). The van der Waals surface area contributed by atoms with Gasteiger partial charge in [0.2, 0.25) is 5.95 Å². The first-order valence-electron chi connectivity index (χ1n) is 15.2. The molecule has 2 atom stereocenters. The van der Waals surface area contributed by atoms with Crippen LogP contribution in [0.4, 0.5) is 35.3 Å². The number of anilines is 3. The number of aromatic nitrogens is 2. The summed E-state index contributed by atoms with van der Waals surface area (Å²) < 4.78 is 64.6. The van der Waals surface area contributed by atoms with Gasteiger partial charge in [0.15, 0.2) is 0 Å². The van der Waals surface area contributed by atoms with Gasteiger partial charge in [-0.1, -0.05) is 0 Å². The standard InChI is InChI=1S/C30H31F3N6O5S2/c31-30(32,33)21-12-34-28(36-25(21)23-11-24-26(45-23)27(40)37(16-3-4-16)7-8-46(24,43)44)35-22-6-5-17(10-20(22)15-1-2-15)38-13-19-9-18(38)14-39(19)29(41)42/h5-6,10-12,15-16,18-19,43-44H,1-4,7-9,13-14H2,(H,41,42)(H,34,35,36)/t18-,19-/m0/s1. The fourth-order valence-corrected chi connectivity index (χ4v) is 9.91. The average molecular weight is 677 g/mol. The highest BCUT2D eigenvalue weighted by atomic mass is 32.3. The van der Waals surface area contributed by atoms with Crippen LogP contribution < -0.4 is 10.2 Å². The summed E-state index contributed by atoms with van der Waals surface area (Å²) in [7, 11) is -3.40. The summed E-state index contributed by atoms with van der Waals surface area (Å²) in [5.41, 5.74) is 1.10. The number of piperazine rings is 1. The molecule has 1 aromatic carbocycles. The average Bonchev–Trinajstić information content (AvgIpc) is 3.91. The summed E-state index contributed by atoms with van der Waals surface area (Å²) in [6.45, 7) is 1.24. The van der Waals surface area contributed by atoms with Gasteiger partial charge < -0.3 is 25.1 Å². The first-order valence-corrected chi connectivity index (χ1v) is 17.7. The summed E-state index contributed by atoms with van der Waals surface area (Å²) >= 11 is 0.794. The first kappa shape index (κ1) is 29.8. The molecule has 244 valence electrons. The number of carbonyl (C=O) groups excluding carboxylic acids is 1. The van der Waals surface area contributed by atoms with E-state index >= 15 is 0 Å². The highest BCUT2D eigenvalue weighted by Crippen LogP contribution is 2.56. The molecular weight excluding hydrogens is 645 g/mol. The van der Waals surface area contributed by atoms with E-state index in [0.29, 0.717) is 25.0 Å².